The van der Waals surface area contributed by atoms with Crippen LogP contribution in [-0.2, 0) is 6.54 Å². The van der Waals surface area contributed by atoms with Crippen LogP contribution in [0.4, 0.5) is 4.39 Å². The first kappa shape index (κ1) is 14.2. The number of ether oxygens (including phenoxy) is 1. The fourth-order valence-electron chi connectivity index (χ4n) is 1.51. The van der Waals surface area contributed by atoms with Crippen LogP contribution in [0.25, 0.3) is 0 Å². The molecule has 3 nitrogen and oxygen atoms in total. The molecule has 0 aliphatic rings. The van der Waals surface area contributed by atoms with E-state index in [0.717, 1.165) is 5.56 Å². The number of hydrogen-bond donors (Lipinski definition) is 1. The van der Waals surface area contributed by atoms with E-state index in [-0.39, 0.29) is 5.82 Å². The number of benzene rings is 1. The van der Waals surface area contributed by atoms with Gasteiger partial charge < -0.3 is 10.1 Å². The summed E-state index contributed by atoms with van der Waals surface area (Å²) in [6.45, 7) is 0.599. The van der Waals surface area contributed by atoms with E-state index in [4.69, 9.17) is 16.3 Å². The Morgan fingerprint density at radius 3 is 2.95 bits per heavy atom. The molecule has 0 fully saturated rings. The lowest BCUT2D eigenvalue weighted by Crippen LogP contribution is -2.06. The zero-order valence-electron chi connectivity index (χ0n) is 10.1. The van der Waals surface area contributed by atoms with Gasteiger partial charge in [0.2, 0.25) is 5.88 Å². The number of aromatic nitrogens is 1. The Morgan fingerprint density at radius 1 is 1.42 bits per heavy atom. The molecule has 1 aromatic carbocycles. The van der Waals surface area contributed by atoms with Gasteiger partial charge >= 0.3 is 0 Å². The van der Waals surface area contributed by atoms with Crippen LogP contribution in [0.3, 0.4) is 0 Å². The van der Waals surface area contributed by atoms with Crippen LogP contribution >= 0.6 is 27.5 Å². The summed E-state index contributed by atoms with van der Waals surface area (Å²) in [6.07, 6.45) is 1.51. The lowest BCUT2D eigenvalue weighted by Gasteiger charge is -2.09. The standard InChI is InChI=1S/C13H11BrClFN2O/c1-17-6-8-4-13(18-7-11(8)15)19-12-5-9(16)2-3-10(12)14/h2-5,7,17H,6H2,1H3. The molecule has 2 rings (SSSR count). The second-order valence-corrected chi connectivity index (χ2v) is 5.08. The molecule has 0 atom stereocenters. The quantitative estimate of drug-likeness (QED) is 0.904. The highest BCUT2D eigenvalue weighted by Gasteiger charge is 2.08. The van der Waals surface area contributed by atoms with E-state index >= 15 is 0 Å². The first-order valence-corrected chi connectivity index (χ1v) is 6.69. The van der Waals surface area contributed by atoms with Crippen LogP contribution in [-0.4, -0.2) is 12.0 Å². The van der Waals surface area contributed by atoms with E-state index in [1.54, 1.807) is 12.1 Å². The molecule has 0 saturated carbocycles. The minimum absolute atomic E-state index is 0.362. The van der Waals surface area contributed by atoms with Crippen molar-refractivity contribution >= 4 is 27.5 Å². The van der Waals surface area contributed by atoms with Crippen molar-refractivity contribution < 1.29 is 9.13 Å². The molecule has 6 heteroatoms. The first-order valence-electron chi connectivity index (χ1n) is 5.52. The second-order valence-electron chi connectivity index (χ2n) is 3.82. The lowest BCUT2D eigenvalue weighted by molar-refractivity contribution is 0.454. The molecular weight excluding hydrogens is 335 g/mol. The van der Waals surface area contributed by atoms with Gasteiger partial charge in [-0.1, -0.05) is 11.6 Å². The van der Waals surface area contributed by atoms with Gasteiger partial charge in [0, 0.05) is 24.9 Å². The van der Waals surface area contributed by atoms with E-state index in [2.05, 4.69) is 26.2 Å². The average molecular weight is 346 g/mol. The first-order chi connectivity index (χ1) is 9.10. The van der Waals surface area contributed by atoms with Crippen molar-refractivity contribution in [3.05, 3.63) is 51.3 Å². The normalized spacial score (nSPS) is 10.5. The lowest BCUT2D eigenvalue weighted by atomic mass is 10.2. The van der Waals surface area contributed by atoms with Crippen LogP contribution in [0.1, 0.15) is 5.56 Å². The summed E-state index contributed by atoms with van der Waals surface area (Å²) in [7, 11) is 1.82. The Labute approximate surface area is 123 Å². The van der Waals surface area contributed by atoms with Gasteiger partial charge in [-0.3, -0.25) is 0 Å². The number of pyridine rings is 1. The molecule has 1 N–H and O–H groups in total. The van der Waals surface area contributed by atoms with Gasteiger partial charge in [0.1, 0.15) is 11.6 Å². The minimum Gasteiger partial charge on any atom is -0.438 e. The molecule has 1 aromatic heterocycles. The van der Waals surface area contributed by atoms with Gasteiger partial charge in [0.25, 0.3) is 0 Å². The largest absolute Gasteiger partial charge is 0.438 e. The fraction of sp³-hybridized carbons (Fsp3) is 0.154. The van der Waals surface area contributed by atoms with E-state index in [0.29, 0.717) is 27.7 Å². The molecule has 1 heterocycles. The molecule has 0 aliphatic heterocycles. The Hall–Kier alpha value is -1.17. The van der Waals surface area contributed by atoms with Gasteiger partial charge in [0.15, 0.2) is 0 Å². The van der Waals surface area contributed by atoms with Crippen molar-refractivity contribution in [2.75, 3.05) is 7.05 Å². The number of halogens is 3. The summed E-state index contributed by atoms with van der Waals surface area (Å²) in [5, 5.41) is 3.55. The van der Waals surface area contributed by atoms with Crippen molar-refractivity contribution in [2.24, 2.45) is 0 Å². The predicted octanol–water partition coefficient (Wildman–Crippen LogP) is 4.15. The van der Waals surface area contributed by atoms with Crippen molar-refractivity contribution in [2.45, 2.75) is 6.54 Å². The smallest absolute Gasteiger partial charge is 0.219 e. The Kier molecular flexibility index (Phi) is 4.74. The van der Waals surface area contributed by atoms with Crippen molar-refractivity contribution in [3.63, 3.8) is 0 Å². The highest BCUT2D eigenvalue weighted by Crippen LogP contribution is 2.30. The zero-order valence-corrected chi connectivity index (χ0v) is 12.4. The summed E-state index contributed by atoms with van der Waals surface area (Å²) in [4.78, 5) is 4.06. The average Bonchev–Trinajstić information content (AvgIpc) is 2.38. The van der Waals surface area contributed by atoms with Gasteiger partial charge in [-0.05, 0) is 40.7 Å². The Bertz CT molecular complexity index is 595. The summed E-state index contributed by atoms with van der Waals surface area (Å²) < 4.78 is 19.4. The van der Waals surface area contributed by atoms with Crippen LogP contribution in [0.5, 0.6) is 11.6 Å². The molecule has 0 radical (unpaired) electrons. The summed E-state index contributed by atoms with van der Waals surface area (Å²) >= 11 is 9.30. The monoisotopic (exact) mass is 344 g/mol. The summed E-state index contributed by atoms with van der Waals surface area (Å²) in [5.41, 5.74) is 0.863. The predicted molar refractivity (Wildman–Crippen MR) is 76.2 cm³/mol. The topological polar surface area (TPSA) is 34.1 Å². The van der Waals surface area contributed by atoms with Crippen LogP contribution in [0, 0.1) is 5.82 Å². The fourth-order valence-corrected chi connectivity index (χ4v) is 2.01. The highest BCUT2D eigenvalue weighted by molar-refractivity contribution is 9.10. The van der Waals surface area contributed by atoms with Crippen molar-refractivity contribution in [1.29, 1.82) is 0 Å². The number of nitrogens with zero attached hydrogens (tertiary/aromatic N) is 1. The summed E-state index contributed by atoms with van der Waals surface area (Å²) in [5.74, 6) is 0.355. The third-order valence-corrected chi connectivity index (χ3v) is 3.38. The maximum atomic E-state index is 13.2. The third-order valence-electron chi connectivity index (χ3n) is 2.38. The van der Waals surface area contributed by atoms with Gasteiger partial charge in [-0.2, -0.15) is 0 Å². The minimum atomic E-state index is -0.373. The van der Waals surface area contributed by atoms with Crippen molar-refractivity contribution in [1.82, 2.24) is 10.3 Å². The zero-order chi connectivity index (χ0) is 13.8. The van der Waals surface area contributed by atoms with Crippen LogP contribution < -0.4 is 10.1 Å². The molecule has 0 bridgehead atoms. The molecule has 2 aromatic rings. The molecule has 0 unspecified atom stereocenters. The van der Waals surface area contributed by atoms with Gasteiger partial charge in [-0.15, -0.1) is 0 Å². The van der Waals surface area contributed by atoms with Crippen LogP contribution in [0.2, 0.25) is 5.02 Å². The molecule has 0 aliphatic carbocycles. The third kappa shape index (κ3) is 3.65. The molecule has 0 amide bonds. The molecule has 0 saturated heterocycles. The molecule has 0 spiro atoms. The Balaban J connectivity index is 2.28. The van der Waals surface area contributed by atoms with E-state index < -0.39 is 0 Å². The maximum absolute atomic E-state index is 13.2. The maximum Gasteiger partial charge on any atom is 0.219 e. The van der Waals surface area contributed by atoms with Gasteiger partial charge in [0.05, 0.1) is 9.50 Å². The summed E-state index contributed by atoms with van der Waals surface area (Å²) in [6, 6.07) is 5.93. The second kappa shape index (κ2) is 6.32. The number of hydrogen-bond acceptors (Lipinski definition) is 3. The van der Waals surface area contributed by atoms with E-state index in [1.807, 2.05) is 7.05 Å². The Morgan fingerprint density at radius 2 is 2.21 bits per heavy atom. The van der Waals surface area contributed by atoms with E-state index in [9.17, 15) is 4.39 Å². The van der Waals surface area contributed by atoms with Crippen molar-refractivity contribution in [3.8, 4) is 11.6 Å². The highest BCUT2D eigenvalue weighted by atomic mass is 79.9. The van der Waals surface area contributed by atoms with Gasteiger partial charge in [-0.25, -0.2) is 9.37 Å². The molecular formula is C13H11BrClFN2O. The van der Waals surface area contributed by atoms with E-state index in [1.165, 1.54) is 18.3 Å². The molecule has 100 valence electrons. The van der Waals surface area contributed by atoms with Crippen LogP contribution in [0.15, 0.2) is 34.9 Å². The molecule has 19 heavy (non-hydrogen) atoms. The number of nitrogens with one attached hydrogen (secondary N) is 1. The number of rotatable bonds is 4. The SMILES string of the molecule is CNCc1cc(Oc2cc(F)ccc2Br)ncc1Cl.